The zero-order valence-electron chi connectivity index (χ0n) is 22.4. The number of hydrogen-bond acceptors (Lipinski definition) is 8. The minimum atomic E-state index is -1.46. The Bertz CT molecular complexity index is 1140. The maximum Gasteiger partial charge on any atom is 0.308 e. The van der Waals surface area contributed by atoms with Crippen LogP contribution in [0.4, 0.5) is 5.69 Å². The molecule has 0 bridgehead atoms. The Kier molecular flexibility index (Phi) is 10.2. The molecular formula is C28H35NO8. The van der Waals surface area contributed by atoms with Gasteiger partial charge in [-0.25, -0.2) is 0 Å². The molecule has 9 nitrogen and oxygen atoms in total. The van der Waals surface area contributed by atoms with Crippen molar-refractivity contribution in [3.63, 3.8) is 0 Å². The summed E-state index contributed by atoms with van der Waals surface area (Å²) in [6, 6.07) is 10.4. The highest BCUT2D eigenvalue weighted by Gasteiger charge is 2.29. The van der Waals surface area contributed by atoms with E-state index in [1.807, 2.05) is 45.9 Å². The van der Waals surface area contributed by atoms with E-state index in [0.717, 1.165) is 30.7 Å². The summed E-state index contributed by atoms with van der Waals surface area (Å²) in [5.41, 5.74) is 1.88. The number of benzene rings is 2. The van der Waals surface area contributed by atoms with E-state index >= 15 is 0 Å². The van der Waals surface area contributed by atoms with Crippen molar-refractivity contribution in [3.05, 3.63) is 53.1 Å². The van der Waals surface area contributed by atoms with Gasteiger partial charge in [0.2, 0.25) is 5.91 Å². The van der Waals surface area contributed by atoms with Gasteiger partial charge in [0.25, 0.3) is 6.29 Å². The Labute approximate surface area is 217 Å². The standard InChI is InChI=1S/C28H35NO8/c1-17-9-10-18(2)25(15-17)34-14-8-13-28(6,7)27(33)29-22-11-12-24(35-19(3)30)23(16-22)26(36-20(4)31)37-21(5)32/h9-12,15-16,26H,8,13-14H2,1-7H3,(H,29,33). The van der Waals surface area contributed by atoms with E-state index in [-0.39, 0.29) is 17.2 Å². The van der Waals surface area contributed by atoms with E-state index < -0.39 is 29.6 Å². The van der Waals surface area contributed by atoms with Gasteiger partial charge >= 0.3 is 17.9 Å². The molecule has 0 aliphatic heterocycles. The average Bonchev–Trinajstić information content (AvgIpc) is 2.78. The zero-order chi connectivity index (χ0) is 27.8. The maximum atomic E-state index is 13.1. The van der Waals surface area contributed by atoms with Crippen LogP contribution in [0, 0.1) is 19.3 Å². The first kappa shape index (κ1) is 29.4. The number of amides is 1. The molecule has 9 heteroatoms. The van der Waals surface area contributed by atoms with E-state index in [4.69, 9.17) is 18.9 Å². The summed E-state index contributed by atoms with van der Waals surface area (Å²) in [7, 11) is 0. The Morgan fingerprint density at radius 1 is 0.865 bits per heavy atom. The number of ether oxygens (including phenoxy) is 4. The van der Waals surface area contributed by atoms with Gasteiger partial charge in [-0.05, 0) is 62.1 Å². The van der Waals surface area contributed by atoms with E-state index in [1.54, 1.807) is 0 Å². The summed E-state index contributed by atoms with van der Waals surface area (Å²) in [5, 5.41) is 2.84. The molecule has 0 heterocycles. The van der Waals surface area contributed by atoms with E-state index in [0.29, 0.717) is 25.1 Å². The SMILES string of the molecule is CC(=O)Oc1ccc(NC(=O)C(C)(C)CCCOc2cc(C)ccc2C)cc1C(OC(C)=O)OC(C)=O. The number of esters is 3. The van der Waals surface area contributed by atoms with Crippen LogP contribution in [-0.4, -0.2) is 30.4 Å². The van der Waals surface area contributed by atoms with Gasteiger partial charge in [0.15, 0.2) is 0 Å². The van der Waals surface area contributed by atoms with Crippen molar-refractivity contribution in [1.82, 2.24) is 0 Å². The van der Waals surface area contributed by atoms with Crippen LogP contribution in [-0.2, 0) is 28.7 Å². The molecule has 2 aromatic carbocycles. The van der Waals surface area contributed by atoms with Crippen molar-refractivity contribution < 1.29 is 38.1 Å². The predicted molar refractivity (Wildman–Crippen MR) is 137 cm³/mol. The summed E-state index contributed by atoms with van der Waals surface area (Å²) in [6.45, 7) is 11.6. The summed E-state index contributed by atoms with van der Waals surface area (Å²) in [5.74, 6) is -1.43. The van der Waals surface area contributed by atoms with Gasteiger partial charge in [-0.1, -0.05) is 26.0 Å². The molecule has 0 saturated carbocycles. The van der Waals surface area contributed by atoms with Crippen LogP contribution in [0.2, 0.25) is 0 Å². The lowest BCUT2D eigenvalue weighted by Gasteiger charge is -2.25. The second-order valence-electron chi connectivity index (χ2n) is 9.46. The molecule has 200 valence electrons. The van der Waals surface area contributed by atoms with Gasteiger partial charge in [-0.15, -0.1) is 0 Å². The Balaban J connectivity index is 2.13. The number of rotatable bonds is 11. The normalized spacial score (nSPS) is 11.0. The molecule has 1 amide bonds. The van der Waals surface area contributed by atoms with Crippen molar-refractivity contribution in [2.75, 3.05) is 11.9 Å². The topological polar surface area (TPSA) is 117 Å². The summed E-state index contributed by atoms with van der Waals surface area (Å²) >= 11 is 0. The Morgan fingerprint density at radius 3 is 2.11 bits per heavy atom. The molecule has 0 fully saturated rings. The molecule has 0 radical (unpaired) electrons. The number of carbonyl (C=O) groups is 4. The third kappa shape index (κ3) is 9.25. The Morgan fingerprint density at radius 2 is 1.51 bits per heavy atom. The number of aryl methyl sites for hydroxylation is 2. The highest BCUT2D eigenvalue weighted by atomic mass is 16.7. The van der Waals surface area contributed by atoms with E-state index in [9.17, 15) is 19.2 Å². The van der Waals surface area contributed by atoms with Crippen molar-refractivity contribution in [2.45, 2.75) is 67.6 Å². The van der Waals surface area contributed by atoms with Crippen molar-refractivity contribution in [1.29, 1.82) is 0 Å². The molecule has 0 atom stereocenters. The predicted octanol–water partition coefficient (Wildman–Crippen LogP) is 5.18. The zero-order valence-corrected chi connectivity index (χ0v) is 22.4. The fraction of sp³-hybridized carbons (Fsp3) is 0.429. The van der Waals surface area contributed by atoms with Gasteiger partial charge in [-0.2, -0.15) is 0 Å². The number of hydrogen-bond donors (Lipinski definition) is 1. The average molecular weight is 514 g/mol. The summed E-state index contributed by atoms with van der Waals surface area (Å²) in [4.78, 5) is 47.8. The lowest BCUT2D eigenvalue weighted by molar-refractivity contribution is -0.186. The second kappa shape index (κ2) is 12.9. The lowest BCUT2D eigenvalue weighted by atomic mass is 9.86. The minimum Gasteiger partial charge on any atom is -0.493 e. The van der Waals surface area contributed by atoms with E-state index in [2.05, 4.69) is 5.32 Å². The molecule has 0 saturated heterocycles. The molecule has 2 aromatic rings. The molecule has 37 heavy (non-hydrogen) atoms. The number of nitrogens with one attached hydrogen (secondary N) is 1. The van der Waals surface area contributed by atoms with Crippen LogP contribution in [0.3, 0.4) is 0 Å². The second-order valence-corrected chi connectivity index (χ2v) is 9.46. The monoisotopic (exact) mass is 513 g/mol. The van der Waals surface area contributed by atoms with Gasteiger partial charge in [-0.3, -0.25) is 19.2 Å². The number of anilines is 1. The molecule has 1 N–H and O–H groups in total. The van der Waals surface area contributed by atoms with Crippen LogP contribution >= 0.6 is 0 Å². The Hall–Kier alpha value is -3.88. The van der Waals surface area contributed by atoms with Crippen LogP contribution in [0.5, 0.6) is 11.5 Å². The van der Waals surface area contributed by atoms with Crippen LogP contribution in [0.15, 0.2) is 36.4 Å². The lowest BCUT2D eigenvalue weighted by Crippen LogP contribution is -2.31. The van der Waals surface area contributed by atoms with Gasteiger partial charge in [0, 0.05) is 31.9 Å². The van der Waals surface area contributed by atoms with Crippen LogP contribution in [0.25, 0.3) is 0 Å². The van der Waals surface area contributed by atoms with Crippen molar-refractivity contribution in [3.8, 4) is 11.5 Å². The smallest absolute Gasteiger partial charge is 0.308 e. The molecule has 0 aromatic heterocycles. The van der Waals surface area contributed by atoms with Gasteiger partial charge < -0.3 is 24.3 Å². The summed E-state index contributed by atoms with van der Waals surface area (Å²) < 4.78 is 21.3. The number of carbonyl (C=O) groups excluding carboxylic acids is 4. The first-order valence-corrected chi connectivity index (χ1v) is 12.0. The molecular weight excluding hydrogens is 478 g/mol. The highest BCUT2D eigenvalue weighted by molar-refractivity contribution is 5.95. The first-order chi connectivity index (χ1) is 17.3. The summed E-state index contributed by atoms with van der Waals surface area (Å²) in [6.07, 6.45) is -0.242. The van der Waals surface area contributed by atoms with E-state index in [1.165, 1.54) is 25.1 Å². The maximum absolute atomic E-state index is 13.1. The van der Waals surface area contributed by atoms with Gasteiger partial charge in [0.1, 0.15) is 11.5 Å². The first-order valence-electron chi connectivity index (χ1n) is 12.0. The highest BCUT2D eigenvalue weighted by Crippen LogP contribution is 2.33. The molecule has 2 rings (SSSR count). The fourth-order valence-electron chi connectivity index (χ4n) is 3.48. The molecule has 0 unspecified atom stereocenters. The quantitative estimate of drug-likeness (QED) is 0.189. The molecule has 0 aliphatic rings. The minimum absolute atomic E-state index is 0.0286. The van der Waals surface area contributed by atoms with Crippen LogP contribution in [0.1, 0.15) is 70.4 Å². The molecule has 0 spiro atoms. The van der Waals surface area contributed by atoms with Crippen molar-refractivity contribution >= 4 is 29.5 Å². The fourth-order valence-corrected chi connectivity index (χ4v) is 3.48. The van der Waals surface area contributed by atoms with Crippen LogP contribution < -0.4 is 14.8 Å². The largest absolute Gasteiger partial charge is 0.493 e. The third-order valence-electron chi connectivity index (χ3n) is 5.48. The van der Waals surface area contributed by atoms with Gasteiger partial charge in [0.05, 0.1) is 12.2 Å². The third-order valence-corrected chi connectivity index (χ3v) is 5.48. The van der Waals surface area contributed by atoms with Crippen molar-refractivity contribution in [2.24, 2.45) is 5.41 Å². The molecule has 0 aliphatic carbocycles.